The predicted octanol–water partition coefficient (Wildman–Crippen LogP) is 2.36. The summed E-state index contributed by atoms with van der Waals surface area (Å²) in [5.41, 5.74) is 0.552. The summed E-state index contributed by atoms with van der Waals surface area (Å²) in [6.45, 7) is 6.59. The first kappa shape index (κ1) is 15.5. The standard InChI is InChI=1S/C17H28N4O/c1-12-8-13(2)10-14(9-12)19-17(22)16-5-7-21(20-16)15-4-3-6-18-11-15/h5,7,12-15,18H,3-4,6,8-11H2,1-2H3,(H,19,22). The van der Waals surface area contributed by atoms with Gasteiger partial charge in [-0.25, -0.2) is 0 Å². The zero-order chi connectivity index (χ0) is 15.5. The average Bonchev–Trinajstić information content (AvgIpc) is 2.97. The van der Waals surface area contributed by atoms with Crippen LogP contribution in [0.5, 0.6) is 0 Å². The van der Waals surface area contributed by atoms with Gasteiger partial charge in [-0.3, -0.25) is 9.48 Å². The Labute approximate surface area is 132 Å². The third kappa shape index (κ3) is 3.69. The van der Waals surface area contributed by atoms with E-state index in [-0.39, 0.29) is 5.91 Å². The van der Waals surface area contributed by atoms with Crippen molar-refractivity contribution >= 4 is 5.91 Å². The van der Waals surface area contributed by atoms with Crippen molar-refractivity contribution in [3.63, 3.8) is 0 Å². The third-order valence-corrected chi connectivity index (χ3v) is 5.00. The lowest BCUT2D eigenvalue weighted by molar-refractivity contribution is 0.0904. The molecule has 22 heavy (non-hydrogen) atoms. The van der Waals surface area contributed by atoms with Crippen molar-refractivity contribution in [3.05, 3.63) is 18.0 Å². The second kappa shape index (κ2) is 6.82. The molecule has 3 unspecified atom stereocenters. The maximum absolute atomic E-state index is 12.4. The van der Waals surface area contributed by atoms with E-state index in [0.29, 0.717) is 29.6 Å². The number of hydrogen-bond acceptors (Lipinski definition) is 3. The molecule has 122 valence electrons. The van der Waals surface area contributed by atoms with E-state index in [9.17, 15) is 4.79 Å². The van der Waals surface area contributed by atoms with Gasteiger partial charge < -0.3 is 10.6 Å². The zero-order valence-corrected chi connectivity index (χ0v) is 13.7. The van der Waals surface area contributed by atoms with Gasteiger partial charge in [-0.15, -0.1) is 0 Å². The molecule has 5 nitrogen and oxygen atoms in total. The SMILES string of the molecule is CC1CC(C)CC(NC(=O)c2ccn(C3CCCNC3)n2)C1. The predicted molar refractivity (Wildman–Crippen MR) is 86.8 cm³/mol. The van der Waals surface area contributed by atoms with Gasteiger partial charge in [0.05, 0.1) is 6.04 Å². The maximum Gasteiger partial charge on any atom is 0.271 e. The quantitative estimate of drug-likeness (QED) is 0.901. The number of amides is 1. The number of carbonyl (C=O) groups excluding carboxylic acids is 1. The summed E-state index contributed by atoms with van der Waals surface area (Å²) in [4.78, 5) is 12.4. The number of nitrogens with zero attached hydrogens (tertiary/aromatic N) is 2. The van der Waals surface area contributed by atoms with Crippen molar-refractivity contribution in [2.24, 2.45) is 11.8 Å². The number of hydrogen-bond donors (Lipinski definition) is 2. The average molecular weight is 304 g/mol. The highest BCUT2D eigenvalue weighted by molar-refractivity contribution is 5.92. The Balaban J connectivity index is 1.59. The van der Waals surface area contributed by atoms with Gasteiger partial charge in [0, 0.05) is 18.8 Å². The van der Waals surface area contributed by atoms with Gasteiger partial charge in [0.1, 0.15) is 5.69 Å². The number of aromatic nitrogens is 2. The third-order valence-electron chi connectivity index (χ3n) is 5.00. The molecule has 3 rings (SSSR count). The van der Waals surface area contributed by atoms with E-state index < -0.39 is 0 Å². The van der Waals surface area contributed by atoms with Gasteiger partial charge in [-0.05, 0) is 56.6 Å². The number of rotatable bonds is 3. The fraction of sp³-hybridized carbons (Fsp3) is 0.765. The first-order valence-corrected chi connectivity index (χ1v) is 8.68. The molecule has 1 aromatic heterocycles. The first-order chi connectivity index (χ1) is 10.6. The molecule has 2 N–H and O–H groups in total. The molecule has 1 aliphatic carbocycles. The Hall–Kier alpha value is -1.36. The van der Waals surface area contributed by atoms with Gasteiger partial charge in [0.2, 0.25) is 0 Å². The van der Waals surface area contributed by atoms with Crippen molar-refractivity contribution in [2.75, 3.05) is 13.1 Å². The van der Waals surface area contributed by atoms with Crippen LogP contribution in [0.15, 0.2) is 12.3 Å². The molecule has 2 heterocycles. The number of piperidine rings is 1. The molecular weight excluding hydrogens is 276 g/mol. The largest absolute Gasteiger partial charge is 0.348 e. The highest BCUT2D eigenvalue weighted by atomic mass is 16.2. The highest BCUT2D eigenvalue weighted by Gasteiger charge is 2.26. The Kier molecular flexibility index (Phi) is 4.81. The smallest absolute Gasteiger partial charge is 0.271 e. The van der Waals surface area contributed by atoms with Crippen LogP contribution < -0.4 is 10.6 Å². The lowest BCUT2D eigenvalue weighted by Crippen LogP contribution is -2.40. The van der Waals surface area contributed by atoms with Crippen molar-refractivity contribution in [2.45, 2.75) is 58.0 Å². The minimum absolute atomic E-state index is 0.0196. The van der Waals surface area contributed by atoms with E-state index in [2.05, 4.69) is 29.6 Å². The minimum atomic E-state index is -0.0196. The van der Waals surface area contributed by atoms with Crippen LogP contribution in [0, 0.1) is 11.8 Å². The van der Waals surface area contributed by atoms with Crippen LogP contribution in [0.3, 0.4) is 0 Å². The molecule has 1 aliphatic heterocycles. The van der Waals surface area contributed by atoms with E-state index >= 15 is 0 Å². The fourth-order valence-corrected chi connectivity index (χ4v) is 4.05. The van der Waals surface area contributed by atoms with Crippen molar-refractivity contribution in [3.8, 4) is 0 Å². The molecule has 1 aromatic rings. The Morgan fingerprint density at radius 3 is 2.77 bits per heavy atom. The molecular formula is C17H28N4O. The molecule has 0 aromatic carbocycles. The van der Waals surface area contributed by atoms with Crippen LogP contribution in [0.2, 0.25) is 0 Å². The number of nitrogens with one attached hydrogen (secondary N) is 2. The zero-order valence-electron chi connectivity index (χ0n) is 13.7. The van der Waals surface area contributed by atoms with Crippen LogP contribution in [0.4, 0.5) is 0 Å². The maximum atomic E-state index is 12.4. The summed E-state index contributed by atoms with van der Waals surface area (Å²) in [5.74, 6) is 1.37. The van der Waals surface area contributed by atoms with Gasteiger partial charge >= 0.3 is 0 Å². The second-order valence-corrected chi connectivity index (χ2v) is 7.27. The van der Waals surface area contributed by atoms with Crippen LogP contribution >= 0.6 is 0 Å². The topological polar surface area (TPSA) is 59.0 Å². The van der Waals surface area contributed by atoms with Crippen molar-refractivity contribution in [1.29, 1.82) is 0 Å². The van der Waals surface area contributed by atoms with Crippen molar-refractivity contribution in [1.82, 2.24) is 20.4 Å². The molecule has 5 heteroatoms. The van der Waals surface area contributed by atoms with Crippen LogP contribution in [0.25, 0.3) is 0 Å². The van der Waals surface area contributed by atoms with Gasteiger partial charge in [0.15, 0.2) is 0 Å². The van der Waals surface area contributed by atoms with E-state index in [1.807, 2.05) is 16.9 Å². The van der Waals surface area contributed by atoms with Crippen LogP contribution in [-0.4, -0.2) is 34.8 Å². The normalized spacial score (nSPS) is 32.6. The summed E-state index contributed by atoms with van der Waals surface area (Å²) in [7, 11) is 0. The first-order valence-electron chi connectivity index (χ1n) is 8.68. The van der Waals surface area contributed by atoms with E-state index in [1.165, 1.54) is 12.8 Å². The summed E-state index contributed by atoms with van der Waals surface area (Å²) < 4.78 is 1.95. The van der Waals surface area contributed by atoms with Gasteiger partial charge in [-0.1, -0.05) is 13.8 Å². The number of carbonyl (C=O) groups is 1. The van der Waals surface area contributed by atoms with Crippen LogP contribution in [0.1, 0.15) is 62.5 Å². The summed E-state index contributed by atoms with van der Waals surface area (Å²) >= 11 is 0. The van der Waals surface area contributed by atoms with Crippen molar-refractivity contribution < 1.29 is 4.79 Å². The van der Waals surface area contributed by atoms with Gasteiger partial charge in [-0.2, -0.15) is 5.10 Å². The Bertz CT molecular complexity index is 497. The lowest BCUT2D eigenvalue weighted by atomic mass is 9.80. The molecule has 0 bridgehead atoms. The Morgan fingerprint density at radius 1 is 1.32 bits per heavy atom. The molecule has 1 saturated carbocycles. The summed E-state index contributed by atoms with van der Waals surface area (Å²) in [6.07, 6.45) is 7.69. The highest BCUT2D eigenvalue weighted by Crippen LogP contribution is 2.28. The van der Waals surface area contributed by atoms with E-state index in [0.717, 1.165) is 32.4 Å². The van der Waals surface area contributed by atoms with Gasteiger partial charge in [0.25, 0.3) is 5.91 Å². The molecule has 1 saturated heterocycles. The van der Waals surface area contributed by atoms with E-state index in [4.69, 9.17) is 0 Å². The molecule has 0 spiro atoms. The molecule has 0 radical (unpaired) electrons. The molecule has 2 fully saturated rings. The summed E-state index contributed by atoms with van der Waals surface area (Å²) in [5, 5.41) is 11.1. The van der Waals surface area contributed by atoms with Crippen LogP contribution in [-0.2, 0) is 0 Å². The second-order valence-electron chi connectivity index (χ2n) is 7.27. The Morgan fingerprint density at radius 2 is 2.09 bits per heavy atom. The monoisotopic (exact) mass is 304 g/mol. The molecule has 1 amide bonds. The fourth-order valence-electron chi connectivity index (χ4n) is 4.05. The lowest BCUT2D eigenvalue weighted by Gasteiger charge is -2.31. The minimum Gasteiger partial charge on any atom is -0.348 e. The molecule has 3 atom stereocenters. The summed E-state index contributed by atoms with van der Waals surface area (Å²) in [6, 6.07) is 2.53. The van der Waals surface area contributed by atoms with E-state index in [1.54, 1.807) is 0 Å². The molecule has 2 aliphatic rings.